The highest BCUT2D eigenvalue weighted by atomic mass is 28.4. The largest absolute Gasteiger partial charge is 0.478 e. The highest BCUT2D eigenvalue weighted by Crippen LogP contribution is 2.44. The molecule has 2 aromatic heterocycles. The molecule has 77 heavy (non-hydrogen) atoms. The van der Waals surface area contributed by atoms with Crippen LogP contribution in [0, 0.1) is 15.5 Å². The Hall–Kier alpha value is -8.26. The zero-order valence-electron chi connectivity index (χ0n) is 44.1. The van der Waals surface area contributed by atoms with Gasteiger partial charge in [0.15, 0.2) is 5.52 Å². The third kappa shape index (κ3) is 12.7. The second kappa shape index (κ2) is 25.1. The highest BCUT2D eigenvalue weighted by Gasteiger charge is 2.53. The molecule has 2 amide bonds. The first-order valence-electron chi connectivity index (χ1n) is 25.5. The number of primary amides is 1. The lowest BCUT2D eigenvalue weighted by atomic mass is 9.70. The van der Waals surface area contributed by atoms with E-state index in [2.05, 4.69) is 46.6 Å². The van der Waals surface area contributed by atoms with Crippen LogP contribution in [0.5, 0.6) is 0 Å². The summed E-state index contributed by atoms with van der Waals surface area (Å²) in [6, 6.07) is 38.8. The predicted octanol–water partition coefficient (Wildman–Crippen LogP) is 8.64. The number of carbonyl (C=O) groups is 3. The number of nitrogens with one attached hydrogen (secondary N) is 2. The van der Waals surface area contributed by atoms with Gasteiger partial charge < -0.3 is 40.0 Å². The van der Waals surface area contributed by atoms with E-state index in [1.54, 1.807) is 25.1 Å². The Balaban J connectivity index is 1.24. The van der Waals surface area contributed by atoms with E-state index in [-0.39, 0.29) is 79.0 Å². The SMILES string of the molecule is CCN(CC)c1ccc2cc(C(=O)NCCOCCC(CC(CCNc3ccc([N+](=O)[O-])c4nonc34)O[Si](c3ccccc3)(c3ccccc3)C(C)(C)C)(C(N)=O)C(C)=C(C=Cc3ccccc3)C(=O)O)c(=O)oc2c1. The summed E-state index contributed by atoms with van der Waals surface area (Å²) in [5.74, 6) is -2.77. The van der Waals surface area contributed by atoms with Gasteiger partial charge in [0, 0.05) is 62.1 Å². The summed E-state index contributed by atoms with van der Waals surface area (Å²) >= 11 is 0. The second-order valence-corrected chi connectivity index (χ2v) is 23.9. The first-order chi connectivity index (χ1) is 36.9. The van der Waals surface area contributed by atoms with E-state index in [0.717, 1.165) is 34.7 Å². The van der Waals surface area contributed by atoms with Crippen molar-refractivity contribution in [3.63, 3.8) is 0 Å². The average Bonchev–Trinajstić information content (AvgIpc) is 3.98. The Morgan fingerprint density at radius 1 is 0.870 bits per heavy atom. The van der Waals surface area contributed by atoms with E-state index in [9.17, 15) is 34.4 Å². The number of nitrogens with zero attached hydrogens (tertiary/aromatic N) is 4. The molecule has 2 atom stereocenters. The van der Waals surface area contributed by atoms with Crippen molar-refractivity contribution in [2.75, 3.05) is 49.6 Å². The Bertz CT molecular complexity index is 3280. The molecule has 19 heteroatoms. The number of aromatic nitrogens is 2. The molecular formula is C58H65N7O11Si. The number of rotatable bonds is 26. The third-order valence-corrected chi connectivity index (χ3v) is 19.2. The summed E-state index contributed by atoms with van der Waals surface area (Å²) in [5, 5.41) is 38.5. The molecule has 0 aliphatic rings. The number of carbonyl (C=O) groups excluding carboxylic acids is 2. The van der Waals surface area contributed by atoms with E-state index >= 15 is 0 Å². The summed E-state index contributed by atoms with van der Waals surface area (Å²) in [6.45, 7) is 13.5. The zero-order chi connectivity index (χ0) is 55.3. The van der Waals surface area contributed by atoms with Gasteiger partial charge in [0.25, 0.3) is 14.2 Å². The quantitative estimate of drug-likeness (QED) is 0.00753. The monoisotopic (exact) mass is 1060 g/mol. The third-order valence-electron chi connectivity index (χ3n) is 14.1. The number of ether oxygens (including phenoxy) is 1. The molecule has 0 bridgehead atoms. The van der Waals surface area contributed by atoms with Crippen molar-refractivity contribution in [2.24, 2.45) is 11.1 Å². The van der Waals surface area contributed by atoms with Crippen molar-refractivity contribution < 1.29 is 42.6 Å². The standard InChI is InChI=1S/C58H65N7O11Si/c1-7-64(8-2)42-26-25-41-36-47(55(69)74-50(41)37-42)53(66)61-33-35-73-34-31-58(56(59)70,39(3)46(54(67)68)27-24-40-18-12-9-13-19-40)38-43(30-32-60-48-28-29-49(65(71)72)52-51(48)62-76-63-52)75-77(57(4,5)6,44-20-14-10-15-21-44)45-22-16-11-17-23-45/h9-29,36-37,43,60H,7-8,30-35,38H2,1-6H3,(H2,59,70)(H,61,66)(H,67,68). The molecular weight excluding hydrogens is 999 g/mol. The molecule has 5 aromatic carbocycles. The fraction of sp³-hybridized carbons (Fsp3) is 0.310. The Morgan fingerprint density at radius 2 is 1.51 bits per heavy atom. The minimum atomic E-state index is -3.43. The fourth-order valence-electron chi connectivity index (χ4n) is 9.98. The maximum Gasteiger partial charge on any atom is 0.349 e. The number of nitro groups is 1. The van der Waals surface area contributed by atoms with Crippen molar-refractivity contribution >= 4 is 81.6 Å². The minimum Gasteiger partial charge on any atom is -0.478 e. The molecule has 18 nitrogen and oxygen atoms in total. The molecule has 402 valence electrons. The maximum absolute atomic E-state index is 14.7. The molecule has 5 N–H and O–H groups in total. The lowest BCUT2D eigenvalue weighted by molar-refractivity contribution is -0.383. The van der Waals surface area contributed by atoms with Gasteiger partial charge in [-0.05, 0) is 107 Å². The van der Waals surface area contributed by atoms with Gasteiger partial charge in [-0.15, -0.1) is 0 Å². The minimum absolute atomic E-state index is 0.0298. The number of amides is 2. The van der Waals surface area contributed by atoms with Crippen LogP contribution in [-0.2, 0) is 18.8 Å². The van der Waals surface area contributed by atoms with Crippen molar-refractivity contribution in [3.8, 4) is 0 Å². The van der Waals surface area contributed by atoms with E-state index in [4.69, 9.17) is 23.9 Å². The molecule has 0 fully saturated rings. The Labute approximate surface area is 447 Å². The molecule has 2 unspecified atom stereocenters. The second-order valence-electron chi connectivity index (χ2n) is 19.7. The molecule has 0 aliphatic heterocycles. The number of nitro benzene ring substituents is 1. The van der Waals surface area contributed by atoms with Gasteiger partial charge in [-0.3, -0.25) is 19.7 Å². The first-order valence-corrected chi connectivity index (χ1v) is 27.4. The van der Waals surface area contributed by atoms with Crippen LogP contribution in [0.3, 0.4) is 0 Å². The topological polar surface area (TPSA) is 255 Å². The number of non-ortho nitro benzene ring substituents is 1. The molecule has 7 aromatic rings. The zero-order valence-corrected chi connectivity index (χ0v) is 45.1. The molecule has 7 rings (SSSR count). The summed E-state index contributed by atoms with van der Waals surface area (Å²) in [7, 11) is -3.43. The summed E-state index contributed by atoms with van der Waals surface area (Å²) < 4.78 is 24.5. The molecule has 0 spiro atoms. The molecule has 0 saturated carbocycles. The number of carboxylic acids is 1. The number of aliphatic carboxylic acids is 1. The number of fused-ring (bicyclic) bond motifs is 2. The van der Waals surface area contributed by atoms with Gasteiger partial charge in [-0.1, -0.05) is 118 Å². The van der Waals surface area contributed by atoms with Gasteiger partial charge in [0.05, 0.1) is 28.2 Å². The van der Waals surface area contributed by atoms with Crippen molar-refractivity contribution in [2.45, 2.75) is 71.9 Å². The van der Waals surface area contributed by atoms with Gasteiger partial charge >= 0.3 is 17.3 Å². The van der Waals surface area contributed by atoms with E-state index in [1.165, 1.54) is 24.3 Å². The van der Waals surface area contributed by atoms with Gasteiger partial charge in [-0.25, -0.2) is 14.2 Å². The Kier molecular flexibility index (Phi) is 18.4. The lowest BCUT2D eigenvalue weighted by Gasteiger charge is -2.47. The van der Waals surface area contributed by atoms with Crippen LogP contribution in [-0.4, -0.2) is 91.9 Å². The number of benzene rings is 5. The lowest BCUT2D eigenvalue weighted by Crippen LogP contribution is -2.68. The van der Waals surface area contributed by atoms with Crippen LogP contribution >= 0.6 is 0 Å². The summed E-state index contributed by atoms with van der Waals surface area (Å²) in [4.78, 5) is 68.0. The molecule has 0 saturated heterocycles. The molecule has 2 heterocycles. The average molecular weight is 1060 g/mol. The first kappa shape index (κ1) is 56.5. The van der Waals surface area contributed by atoms with Gasteiger partial charge in [0.2, 0.25) is 11.4 Å². The summed E-state index contributed by atoms with van der Waals surface area (Å²) in [6.07, 6.45) is 2.24. The number of anilines is 2. The van der Waals surface area contributed by atoms with Crippen molar-refractivity contribution in [1.82, 2.24) is 15.6 Å². The van der Waals surface area contributed by atoms with E-state index in [1.807, 2.05) is 111 Å². The normalized spacial score (nSPS) is 13.5. The smallest absolute Gasteiger partial charge is 0.349 e. The number of carboxylic acid groups (broad SMARTS) is 1. The van der Waals surface area contributed by atoms with Gasteiger partial charge in [0.1, 0.15) is 11.1 Å². The van der Waals surface area contributed by atoms with E-state index < -0.39 is 53.2 Å². The molecule has 0 aliphatic carbocycles. The predicted molar refractivity (Wildman–Crippen MR) is 300 cm³/mol. The highest BCUT2D eigenvalue weighted by molar-refractivity contribution is 6.99. The van der Waals surface area contributed by atoms with Crippen molar-refractivity contribution in [1.29, 1.82) is 0 Å². The fourth-order valence-corrected chi connectivity index (χ4v) is 14.7. The maximum atomic E-state index is 14.7. The Morgan fingerprint density at radius 3 is 2.10 bits per heavy atom. The van der Waals surface area contributed by atoms with E-state index in [0.29, 0.717) is 16.7 Å². The number of nitrogens with two attached hydrogens (primary N) is 1. The van der Waals surface area contributed by atoms with Crippen LogP contribution in [0.4, 0.5) is 17.1 Å². The van der Waals surface area contributed by atoms with Crippen LogP contribution in [0.15, 0.2) is 158 Å². The number of hydrogen-bond acceptors (Lipinski definition) is 14. The van der Waals surface area contributed by atoms with Crippen LogP contribution in [0.1, 0.15) is 76.7 Å². The van der Waals surface area contributed by atoms with Crippen LogP contribution < -0.4 is 37.3 Å². The molecule has 0 radical (unpaired) electrons. The van der Waals surface area contributed by atoms with Gasteiger partial charge in [-0.2, -0.15) is 0 Å². The van der Waals surface area contributed by atoms with Crippen molar-refractivity contribution in [3.05, 3.63) is 176 Å². The van der Waals surface area contributed by atoms with Crippen LogP contribution in [0.2, 0.25) is 5.04 Å². The van der Waals surface area contributed by atoms with Crippen LogP contribution in [0.25, 0.3) is 28.1 Å². The summed E-state index contributed by atoms with van der Waals surface area (Å²) in [5.41, 5.74) is 6.09. The number of hydrogen-bond donors (Lipinski definition) is 4.